The second-order valence-electron chi connectivity index (χ2n) is 7.86. The van der Waals surface area contributed by atoms with Crippen molar-refractivity contribution in [2.24, 2.45) is 5.92 Å². The number of rotatable bonds is 8. The molecule has 0 saturated heterocycles. The summed E-state index contributed by atoms with van der Waals surface area (Å²) in [5.74, 6) is 0.720. The Morgan fingerprint density at radius 3 is 2.54 bits per heavy atom. The maximum atomic E-state index is 12.6. The third-order valence-corrected chi connectivity index (χ3v) is 5.76. The summed E-state index contributed by atoms with van der Waals surface area (Å²) in [7, 11) is 0. The number of benzene rings is 1. The Balaban J connectivity index is 1.54. The van der Waals surface area contributed by atoms with Gasteiger partial charge < -0.3 is 5.32 Å². The first-order valence-electron chi connectivity index (χ1n) is 9.78. The van der Waals surface area contributed by atoms with Crippen molar-refractivity contribution in [2.75, 3.05) is 19.6 Å². The fourth-order valence-corrected chi connectivity index (χ4v) is 3.89. The highest BCUT2D eigenvalue weighted by Crippen LogP contribution is 2.30. The summed E-state index contributed by atoms with van der Waals surface area (Å²) >= 11 is 5.95. The smallest absolute Gasteiger partial charge is 0.235 e. The molecule has 1 aromatic carbocycles. The third kappa shape index (κ3) is 5.72. The van der Waals surface area contributed by atoms with Crippen molar-refractivity contribution >= 4 is 17.5 Å². The Labute approximate surface area is 161 Å². The van der Waals surface area contributed by atoms with Crippen LogP contribution in [0.5, 0.6) is 0 Å². The van der Waals surface area contributed by atoms with E-state index in [4.69, 9.17) is 11.6 Å². The summed E-state index contributed by atoms with van der Waals surface area (Å²) in [4.78, 5) is 14.9. The molecule has 0 atom stereocenters. The lowest BCUT2D eigenvalue weighted by Gasteiger charge is -2.32. The van der Waals surface area contributed by atoms with Gasteiger partial charge in [0.05, 0.1) is 12.6 Å². The van der Waals surface area contributed by atoms with Crippen molar-refractivity contribution in [1.82, 2.24) is 10.2 Å². The number of nitrogens with zero attached hydrogens (tertiary/aromatic N) is 2. The molecule has 0 aromatic heterocycles. The normalized spacial score (nSPS) is 19.1. The number of halogens is 1. The predicted molar refractivity (Wildman–Crippen MR) is 104 cm³/mol. The number of hydrogen-bond acceptors (Lipinski definition) is 3. The van der Waals surface area contributed by atoms with Crippen LogP contribution in [0.25, 0.3) is 0 Å². The number of amides is 1. The van der Waals surface area contributed by atoms with Crippen molar-refractivity contribution in [1.29, 1.82) is 5.26 Å². The summed E-state index contributed by atoms with van der Waals surface area (Å²) < 4.78 is 0. The molecule has 1 amide bonds. The van der Waals surface area contributed by atoms with Crippen LogP contribution in [0.15, 0.2) is 24.3 Å². The first-order valence-corrected chi connectivity index (χ1v) is 10.2. The lowest BCUT2D eigenvalue weighted by atomic mass is 9.83. The molecule has 1 N–H and O–H groups in total. The van der Waals surface area contributed by atoms with E-state index < -0.39 is 5.54 Å². The molecule has 2 saturated carbocycles. The topological polar surface area (TPSA) is 56.1 Å². The maximum absolute atomic E-state index is 12.6. The van der Waals surface area contributed by atoms with Crippen molar-refractivity contribution < 1.29 is 4.79 Å². The van der Waals surface area contributed by atoms with Crippen LogP contribution in [-0.4, -0.2) is 36.0 Å². The summed E-state index contributed by atoms with van der Waals surface area (Å²) in [6.07, 6.45) is 8.20. The molecule has 140 valence electrons. The highest BCUT2D eigenvalue weighted by atomic mass is 35.5. The molecule has 26 heavy (non-hydrogen) atoms. The highest BCUT2D eigenvalue weighted by molar-refractivity contribution is 6.30. The Morgan fingerprint density at radius 2 is 1.92 bits per heavy atom. The summed E-state index contributed by atoms with van der Waals surface area (Å²) in [5.41, 5.74) is 0.591. The zero-order chi connectivity index (χ0) is 18.4. The second kappa shape index (κ2) is 8.88. The van der Waals surface area contributed by atoms with E-state index in [1.165, 1.54) is 18.4 Å². The predicted octanol–water partition coefficient (Wildman–Crippen LogP) is 3.94. The third-order valence-electron chi connectivity index (χ3n) is 5.51. The molecule has 2 aliphatic rings. The molecule has 3 rings (SSSR count). The molecule has 4 nitrogen and oxygen atoms in total. The van der Waals surface area contributed by atoms with Gasteiger partial charge in [0.25, 0.3) is 0 Å². The molecule has 1 aromatic rings. The molecule has 0 heterocycles. The van der Waals surface area contributed by atoms with E-state index >= 15 is 0 Å². The number of nitrogens with one attached hydrogen (secondary N) is 1. The summed E-state index contributed by atoms with van der Waals surface area (Å²) in [5, 5.41) is 13.4. The number of carbonyl (C=O) groups is 1. The average Bonchev–Trinajstić information content (AvgIpc) is 3.46. The molecule has 2 fully saturated rings. The standard InChI is InChI=1S/C21H28ClN3O/c22-19-8-6-17(7-9-19)10-13-25(14-18-4-5-18)15-20(26)24-21(16-23)11-2-1-3-12-21/h6-9,18H,1-5,10-15H2,(H,24,26). The van der Waals surface area contributed by atoms with E-state index in [0.717, 1.165) is 62.6 Å². The van der Waals surface area contributed by atoms with Gasteiger partial charge in [-0.3, -0.25) is 9.69 Å². The van der Waals surface area contributed by atoms with E-state index in [9.17, 15) is 10.1 Å². The minimum Gasteiger partial charge on any atom is -0.337 e. The average molecular weight is 374 g/mol. The van der Waals surface area contributed by atoms with Gasteiger partial charge in [-0.25, -0.2) is 0 Å². The van der Waals surface area contributed by atoms with E-state index in [2.05, 4.69) is 16.3 Å². The molecule has 5 heteroatoms. The minimum atomic E-state index is -0.642. The van der Waals surface area contributed by atoms with Gasteiger partial charge >= 0.3 is 0 Å². The lowest BCUT2D eigenvalue weighted by molar-refractivity contribution is -0.124. The largest absolute Gasteiger partial charge is 0.337 e. The minimum absolute atomic E-state index is 0.00907. The Morgan fingerprint density at radius 1 is 1.23 bits per heavy atom. The molecule has 0 radical (unpaired) electrons. The second-order valence-corrected chi connectivity index (χ2v) is 8.29. The number of nitriles is 1. The van der Waals surface area contributed by atoms with Crippen molar-refractivity contribution in [2.45, 2.75) is 56.9 Å². The number of carbonyl (C=O) groups excluding carboxylic acids is 1. The van der Waals surface area contributed by atoms with Gasteiger partial charge in [0.1, 0.15) is 5.54 Å². The SMILES string of the molecule is N#CC1(NC(=O)CN(CCc2ccc(Cl)cc2)CC2CC2)CCCCC1. The molecule has 0 spiro atoms. The van der Waals surface area contributed by atoms with Crippen LogP contribution in [0.3, 0.4) is 0 Å². The van der Waals surface area contributed by atoms with Crippen molar-refractivity contribution in [3.05, 3.63) is 34.9 Å². The van der Waals surface area contributed by atoms with Crippen LogP contribution < -0.4 is 5.32 Å². The maximum Gasteiger partial charge on any atom is 0.235 e. The van der Waals surface area contributed by atoms with Gasteiger partial charge in [-0.05, 0) is 55.7 Å². The molecule has 2 aliphatic carbocycles. The van der Waals surface area contributed by atoms with Gasteiger partial charge in [-0.15, -0.1) is 0 Å². The summed E-state index contributed by atoms with van der Waals surface area (Å²) in [6.45, 7) is 2.21. The first-order chi connectivity index (χ1) is 12.6. The van der Waals surface area contributed by atoms with E-state index in [0.29, 0.717) is 6.54 Å². The van der Waals surface area contributed by atoms with Gasteiger partial charge in [0.2, 0.25) is 5.91 Å². The summed E-state index contributed by atoms with van der Waals surface area (Å²) in [6, 6.07) is 10.3. The first kappa shape index (κ1) is 19.2. The van der Waals surface area contributed by atoms with Crippen LogP contribution in [0.1, 0.15) is 50.5 Å². The fourth-order valence-electron chi connectivity index (χ4n) is 3.77. The highest BCUT2D eigenvalue weighted by Gasteiger charge is 2.34. The van der Waals surface area contributed by atoms with Crippen molar-refractivity contribution in [3.8, 4) is 6.07 Å². The van der Waals surface area contributed by atoms with Crippen LogP contribution >= 0.6 is 11.6 Å². The van der Waals surface area contributed by atoms with Crippen LogP contribution in [0.2, 0.25) is 5.02 Å². The van der Waals surface area contributed by atoms with E-state index in [1.54, 1.807) is 0 Å². The zero-order valence-electron chi connectivity index (χ0n) is 15.3. The molecular formula is C21H28ClN3O. The molecule has 0 bridgehead atoms. The number of hydrogen-bond donors (Lipinski definition) is 1. The Hall–Kier alpha value is -1.57. The molecule has 0 aliphatic heterocycles. The van der Waals surface area contributed by atoms with Crippen LogP contribution in [-0.2, 0) is 11.2 Å². The monoisotopic (exact) mass is 373 g/mol. The quantitative estimate of drug-likeness (QED) is 0.750. The fraction of sp³-hybridized carbons (Fsp3) is 0.619. The van der Waals surface area contributed by atoms with Gasteiger partial charge in [0.15, 0.2) is 0 Å². The van der Waals surface area contributed by atoms with Crippen LogP contribution in [0, 0.1) is 17.2 Å². The zero-order valence-corrected chi connectivity index (χ0v) is 16.1. The lowest BCUT2D eigenvalue weighted by Crippen LogP contribution is -2.52. The van der Waals surface area contributed by atoms with E-state index in [1.807, 2.05) is 24.3 Å². The molecule has 0 unspecified atom stereocenters. The van der Waals surface area contributed by atoms with Crippen LogP contribution in [0.4, 0.5) is 0 Å². The van der Waals surface area contributed by atoms with Crippen molar-refractivity contribution in [3.63, 3.8) is 0 Å². The van der Waals surface area contributed by atoms with Gasteiger partial charge in [0, 0.05) is 18.1 Å². The molecular weight excluding hydrogens is 346 g/mol. The Kier molecular flexibility index (Phi) is 6.56. The Bertz CT molecular complexity index is 642. The van der Waals surface area contributed by atoms with Gasteiger partial charge in [-0.1, -0.05) is 43.0 Å². The van der Waals surface area contributed by atoms with Gasteiger partial charge in [-0.2, -0.15) is 5.26 Å². The van der Waals surface area contributed by atoms with E-state index in [-0.39, 0.29) is 5.91 Å².